The summed E-state index contributed by atoms with van der Waals surface area (Å²) in [6.45, 7) is 2.76. The molecule has 1 N–H and O–H groups in total. The maximum Gasteiger partial charge on any atom is 0.286 e. The summed E-state index contributed by atoms with van der Waals surface area (Å²) in [7, 11) is 0. The predicted molar refractivity (Wildman–Crippen MR) is 130 cm³/mol. The maximum absolute atomic E-state index is 13.3. The average molecular weight is 465 g/mol. The molecule has 0 aromatic heterocycles. The number of hydrazone groups is 1. The lowest BCUT2D eigenvalue weighted by atomic mass is 9.91. The van der Waals surface area contributed by atoms with Gasteiger partial charge in [0.25, 0.3) is 5.91 Å². The van der Waals surface area contributed by atoms with Crippen LogP contribution in [0.2, 0.25) is 10.0 Å². The van der Waals surface area contributed by atoms with Crippen molar-refractivity contribution in [3.05, 3.63) is 94.0 Å². The second-order valence-corrected chi connectivity index (χ2v) is 8.88. The molecule has 162 valence electrons. The van der Waals surface area contributed by atoms with Crippen LogP contribution in [0.1, 0.15) is 24.1 Å². The summed E-state index contributed by atoms with van der Waals surface area (Å²) in [5, 5.41) is 9.77. The molecule has 5 rings (SSSR count). The van der Waals surface area contributed by atoms with Crippen LogP contribution in [-0.4, -0.2) is 18.2 Å². The molecule has 2 aliphatic rings. The van der Waals surface area contributed by atoms with E-state index in [0.29, 0.717) is 15.8 Å². The molecule has 3 aromatic rings. The van der Waals surface area contributed by atoms with Crippen LogP contribution >= 0.6 is 23.2 Å². The van der Waals surface area contributed by atoms with Crippen molar-refractivity contribution in [2.24, 2.45) is 11.0 Å². The number of nitrogens with zero attached hydrogens (tertiary/aromatic N) is 3. The molecule has 0 fully saturated rings. The number of benzene rings is 3. The lowest BCUT2D eigenvalue weighted by Crippen LogP contribution is -2.45. The number of carbonyl (C=O) groups is 1. The summed E-state index contributed by atoms with van der Waals surface area (Å²) in [6, 6.07) is 23.1. The van der Waals surface area contributed by atoms with Crippen LogP contribution in [0.5, 0.6) is 0 Å². The summed E-state index contributed by atoms with van der Waals surface area (Å²) < 4.78 is 0. The molecule has 0 aliphatic carbocycles. The molecule has 0 radical (unpaired) electrons. The first kappa shape index (κ1) is 20.9. The van der Waals surface area contributed by atoms with Gasteiger partial charge in [0, 0.05) is 17.5 Å². The van der Waals surface area contributed by atoms with Gasteiger partial charge < -0.3 is 0 Å². The van der Waals surface area contributed by atoms with E-state index < -0.39 is 0 Å². The fourth-order valence-electron chi connectivity index (χ4n) is 4.45. The molecule has 0 bridgehead atoms. The molecular formula is C25H22Cl2N4O. The number of amides is 1. The second kappa shape index (κ2) is 8.49. The van der Waals surface area contributed by atoms with E-state index in [1.54, 1.807) is 0 Å². The molecule has 0 saturated carbocycles. The molecule has 0 unspecified atom stereocenters. The number of hydrogen-bond donors (Lipinski definition) is 1. The van der Waals surface area contributed by atoms with Crippen LogP contribution in [0.3, 0.4) is 0 Å². The van der Waals surface area contributed by atoms with Crippen molar-refractivity contribution in [2.45, 2.75) is 19.4 Å². The normalized spacial score (nSPS) is 19.7. The molecule has 7 heteroatoms. The minimum atomic E-state index is -0.206. The zero-order chi connectivity index (χ0) is 22.2. The van der Waals surface area contributed by atoms with Crippen molar-refractivity contribution in [3.63, 3.8) is 0 Å². The van der Waals surface area contributed by atoms with Crippen LogP contribution in [0.4, 0.5) is 11.4 Å². The molecule has 2 heterocycles. The van der Waals surface area contributed by atoms with Gasteiger partial charge in [-0.05, 0) is 47.9 Å². The van der Waals surface area contributed by atoms with E-state index >= 15 is 0 Å². The van der Waals surface area contributed by atoms with E-state index in [1.807, 2.05) is 83.7 Å². The van der Waals surface area contributed by atoms with Gasteiger partial charge in [-0.25, -0.2) is 0 Å². The smallest absolute Gasteiger partial charge is 0.285 e. The average Bonchev–Trinajstić information content (AvgIpc) is 3.36. The van der Waals surface area contributed by atoms with E-state index in [-0.39, 0.29) is 17.9 Å². The first-order chi connectivity index (χ1) is 15.5. The lowest BCUT2D eigenvalue weighted by molar-refractivity contribution is -0.115. The van der Waals surface area contributed by atoms with Gasteiger partial charge >= 0.3 is 0 Å². The second-order valence-electron chi connectivity index (χ2n) is 8.04. The SMILES string of the molecule is C[C@@H]1C(C(=O)NN2CCc3ccccc32)=NN(c2ccccc2Cl)[C@H]1c1ccc(Cl)cc1. The Labute approximate surface area is 197 Å². The number of rotatable bonds is 4. The van der Waals surface area contributed by atoms with E-state index in [0.717, 1.165) is 29.9 Å². The van der Waals surface area contributed by atoms with Gasteiger partial charge in [0.1, 0.15) is 5.71 Å². The first-order valence-electron chi connectivity index (χ1n) is 10.6. The van der Waals surface area contributed by atoms with Crippen molar-refractivity contribution < 1.29 is 4.79 Å². The van der Waals surface area contributed by atoms with Gasteiger partial charge in [-0.1, -0.05) is 72.6 Å². The molecule has 3 aromatic carbocycles. The Morgan fingerprint density at radius 1 is 0.969 bits per heavy atom. The topological polar surface area (TPSA) is 47.9 Å². The van der Waals surface area contributed by atoms with Gasteiger partial charge in [-0.2, -0.15) is 5.10 Å². The van der Waals surface area contributed by atoms with Gasteiger partial charge in [-0.3, -0.25) is 20.2 Å². The molecule has 32 heavy (non-hydrogen) atoms. The number of anilines is 2. The van der Waals surface area contributed by atoms with Crippen molar-refractivity contribution in [2.75, 3.05) is 16.6 Å². The zero-order valence-electron chi connectivity index (χ0n) is 17.5. The maximum atomic E-state index is 13.3. The van der Waals surface area contributed by atoms with Crippen LogP contribution in [0.25, 0.3) is 0 Å². The van der Waals surface area contributed by atoms with Crippen molar-refractivity contribution in [1.29, 1.82) is 0 Å². The minimum absolute atomic E-state index is 0.162. The lowest BCUT2D eigenvalue weighted by Gasteiger charge is -2.27. The van der Waals surface area contributed by atoms with Crippen molar-refractivity contribution in [3.8, 4) is 0 Å². The third-order valence-electron chi connectivity index (χ3n) is 6.05. The Morgan fingerprint density at radius 3 is 2.41 bits per heavy atom. The van der Waals surface area contributed by atoms with E-state index in [2.05, 4.69) is 11.5 Å². The van der Waals surface area contributed by atoms with Crippen LogP contribution in [0, 0.1) is 5.92 Å². The summed E-state index contributed by atoms with van der Waals surface area (Å²) in [5.41, 5.74) is 7.56. The van der Waals surface area contributed by atoms with Gasteiger partial charge in [-0.15, -0.1) is 0 Å². The number of carbonyl (C=O) groups excluding carboxylic acids is 1. The van der Waals surface area contributed by atoms with E-state index in [1.165, 1.54) is 5.56 Å². The Kier molecular flexibility index (Phi) is 5.53. The zero-order valence-corrected chi connectivity index (χ0v) is 19.0. The molecule has 5 nitrogen and oxygen atoms in total. The molecule has 0 spiro atoms. The predicted octanol–water partition coefficient (Wildman–Crippen LogP) is 5.64. The Balaban J connectivity index is 1.48. The Hall–Kier alpha value is -3.02. The fourth-order valence-corrected chi connectivity index (χ4v) is 4.80. The quantitative estimate of drug-likeness (QED) is 0.543. The number of fused-ring (bicyclic) bond motifs is 1. The number of hydrogen-bond acceptors (Lipinski definition) is 4. The van der Waals surface area contributed by atoms with Gasteiger partial charge in [0.05, 0.1) is 22.4 Å². The summed E-state index contributed by atoms with van der Waals surface area (Å²) >= 11 is 12.6. The molecule has 2 aliphatic heterocycles. The Bertz CT molecular complexity index is 1190. The van der Waals surface area contributed by atoms with Crippen LogP contribution in [0.15, 0.2) is 77.9 Å². The van der Waals surface area contributed by atoms with Crippen molar-refractivity contribution in [1.82, 2.24) is 5.43 Å². The highest BCUT2D eigenvalue weighted by Gasteiger charge is 2.40. The third-order valence-corrected chi connectivity index (χ3v) is 6.62. The largest absolute Gasteiger partial charge is 0.286 e. The highest BCUT2D eigenvalue weighted by Crippen LogP contribution is 2.42. The highest BCUT2D eigenvalue weighted by molar-refractivity contribution is 6.41. The summed E-state index contributed by atoms with van der Waals surface area (Å²) in [5.74, 6) is -0.368. The Morgan fingerprint density at radius 2 is 1.66 bits per heavy atom. The fraction of sp³-hybridized carbons (Fsp3) is 0.200. The standard InChI is InChI=1S/C25H22Cl2N4O/c1-16-23(25(32)29-30-15-14-17-6-2-4-8-21(17)30)28-31(22-9-5-3-7-20(22)27)24(16)18-10-12-19(26)13-11-18/h2-13,16,24H,14-15H2,1H3,(H,29,32)/t16-,24-/m1/s1. The molecule has 1 amide bonds. The first-order valence-corrected chi connectivity index (χ1v) is 11.3. The van der Waals surface area contributed by atoms with E-state index in [9.17, 15) is 4.79 Å². The van der Waals surface area contributed by atoms with Crippen LogP contribution in [-0.2, 0) is 11.2 Å². The number of hydrazine groups is 1. The molecule has 0 saturated heterocycles. The van der Waals surface area contributed by atoms with Crippen molar-refractivity contribution >= 4 is 46.2 Å². The van der Waals surface area contributed by atoms with Gasteiger partial charge in [0.15, 0.2) is 0 Å². The van der Waals surface area contributed by atoms with Gasteiger partial charge in [0.2, 0.25) is 0 Å². The summed E-state index contributed by atoms with van der Waals surface area (Å²) in [4.78, 5) is 13.3. The monoisotopic (exact) mass is 464 g/mol. The van der Waals surface area contributed by atoms with Crippen LogP contribution < -0.4 is 15.4 Å². The highest BCUT2D eigenvalue weighted by atomic mass is 35.5. The number of halogens is 2. The number of para-hydroxylation sites is 2. The number of nitrogens with one attached hydrogen (secondary N) is 1. The van der Waals surface area contributed by atoms with E-state index in [4.69, 9.17) is 28.3 Å². The summed E-state index contributed by atoms with van der Waals surface area (Å²) in [6.07, 6.45) is 0.900. The third kappa shape index (κ3) is 3.72. The minimum Gasteiger partial charge on any atom is -0.285 e. The molecular weight excluding hydrogens is 443 g/mol. The molecule has 2 atom stereocenters.